The highest BCUT2D eigenvalue weighted by molar-refractivity contribution is 7.83. The van der Waals surface area contributed by atoms with Crippen LogP contribution in [0.1, 0.15) is 31.0 Å². The minimum atomic E-state index is -1.45. The first-order valence-corrected chi connectivity index (χ1v) is 11.3. The molecule has 7 heteroatoms. The van der Waals surface area contributed by atoms with Crippen LogP contribution in [0.15, 0.2) is 47.4 Å². The summed E-state index contributed by atoms with van der Waals surface area (Å²) in [6, 6.07) is 13.6. The summed E-state index contributed by atoms with van der Waals surface area (Å²) in [7, 11) is 2.17. The molecule has 1 aliphatic carbocycles. The van der Waals surface area contributed by atoms with Gasteiger partial charge in [-0.15, -0.1) is 0 Å². The Labute approximate surface area is 180 Å². The number of aromatic nitrogens is 1. The largest absolute Gasteiger partial charge is 0.497 e. The molecule has 1 fully saturated rings. The van der Waals surface area contributed by atoms with Gasteiger partial charge < -0.3 is 10.1 Å². The summed E-state index contributed by atoms with van der Waals surface area (Å²) in [5.41, 5.74) is 3.46. The Morgan fingerprint density at radius 2 is 1.93 bits per heavy atom. The van der Waals surface area contributed by atoms with Crippen LogP contribution in [0.5, 0.6) is 5.75 Å². The van der Waals surface area contributed by atoms with E-state index in [0.29, 0.717) is 11.4 Å². The van der Waals surface area contributed by atoms with Gasteiger partial charge in [-0.05, 0) is 43.4 Å². The second-order valence-electron chi connectivity index (χ2n) is 8.18. The van der Waals surface area contributed by atoms with E-state index >= 15 is 0 Å². The molecule has 30 heavy (non-hydrogen) atoms. The van der Waals surface area contributed by atoms with Crippen LogP contribution in [-0.4, -0.2) is 28.5 Å². The van der Waals surface area contributed by atoms with Crippen molar-refractivity contribution < 1.29 is 13.7 Å². The third-order valence-electron chi connectivity index (χ3n) is 5.86. The molecule has 5 nitrogen and oxygen atoms in total. The van der Waals surface area contributed by atoms with Crippen molar-refractivity contribution in [1.82, 2.24) is 9.29 Å². The van der Waals surface area contributed by atoms with Crippen molar-refractivity contribution >= 4 is 40.5 Å². The van der Waals surface area contributed by atoms with Crippen LogP contribution < -0.4 is 15.5 Å². The molecule has 155 valence electrons. The molecule has 3 aromatic rings. The van der Waals surface area contributed by atoms with Crippen LogP contribution in [0.4, 0.5) is 0 Å². The maximum atomic E-state index is 13.6. The molecule has 1 N–H and O–H groups in total. The predicted molar refractivity (Wildman–Crippen MR) is 122 cm³/mol. The van der Waals surface area contributed by atoms with Gasteiger partial charge in [0.2, 0.25) is 5.91 Å². The van der Waals surface area contributed by atoms with Crippen LogP contribution >= 0.6 is 0 Å². The maximum Gasteiger partial charge on any atom is 0.226 e. The number of fused-ring (bicyclic) bond motifs is 1. The minimum Gasteiger partial charge on any atom is -0.497 e. The van der Waals surface area contributed by atoms with Crippen molar-refractivity contribution in [2.75, 3.05) is 7.11 Å². The maximum absolute atomic E-state index is 13.6. The van der Waals surface area contributed by atoms with Crippen LogP contribution in [0.2, 0.25) is 6.82 Å². The Balaban J connectivity index is 1.79. The lowest BCUT2D eigenvalue weighted by Gasteiger charge is -2.14. The van der Waals surface area contributed by atoms with E-state index < -0.39 is 11.0 Å². The first-order chi connectivity index (χ1) is 14.4. The molecular weight excluding hydrogens is 395 g/mol. The second kappa shape index (κ2) is 7.95. The lowest BCUT2D eigenvalue weighted by molar-refractivity contribution is -0.125. The molecule has 1 saturated carbocycles. The van der Waals surface area contributed by atoms with Crippen molar-refractivity contribution in [2.24, 2.45) is 5.41 Å². The summed E-state index contributed by atoms with van der Waals surface area (Å²) < 4.78 is 20.9. The summed E-state index contributed by atoms with van der Waals surface area (Å²) in [5.74, 6) is 0.784. The van der Waals surface area contributed by atoms with Gasteiger partial charge in [-0.2, -0.15) is 0 Å². The second-order valence-corrected chi connectivity index (χ2v) is 9.51. The molecule has 1 atom stereocenters. The highest BCUT2D eigenvalue weighted by atomic mass is 32.2. The smallest absolute Gasteiger partial charge is 0.226 e. The monoisotopic (exact) mass is 421 g/mol. The molecule has 0 bridgehead atoms. The highest BCUT2D eigenvalue weighted by Crippen LogP contribution is 2.45. The van der Waals surface area contributed by atoms with E-state index in [9.17, 15) is 9.00 Å². The lowest BCUT2D eigenvalue weighted by Crippen LogP contribution is -2.30. The average Bonchev–Trinajstić information content (AvgIpc) is 3.41. The van der Waals surface area contributed by atoms with E-state index in [0.717, 1.165) is 46.2 Å². The molecule has 1 heterocycles. The van der Waals surface area contributed by atoms with E-state index in [-0.39, 0.29) is 11.3 Å². The number of benzene rings is 2. The molecule has 0 saturated heterocycles. The molecule has 0 aliphatic heterocycles. The number of carbonyl (C=O) groups excluding carboxylic acids is 1. The summed E-state index contributed by atoms with van der Waals surface area (Å²) in [5, 5.41) is 4.01. The molecule has 1 aliphatic rings. The fraction of sp³-hybridized carbons (Fsp3) is 0.348. The van der Waals surface area contributed by atoms with Crippen molar-refractivity contribution in [2.45, 2.75) is 45.0 Å². The number of nitrogens with zero attached hydrogens (tertiary/aromatic N) is 1. The first kappa shape index (κ1) is 20.7. The quantitative estimate of drug-likeness (QED) is 0.596. The molecule has 1 aromatic heterocycles. The van der Waals surface area contributed by atoms with Gasteiger partial charge in [-0.25, -0.2) is 4.21 Å². The van der Waals surface area contributed by atoms with Crippen LogP contribution in [-0.2, 0) is 22.3 Å². The fourth-order valence-electron chi connectivity index (χ4n) is 3.57. The zero-order chi connectivity index (χ0) is 21.5. The van der Waals surface area contributed by atoms with Gasteiger partial charge in [0, 0.05) is 16.9 Å². The average molecular weight is 421 g/mol. The van der Waals surface area contributed by atoms with Crippen molar-refractivity contribution in [3.63, 3.8) is 0 Å². The zero-order valence-corrected chi connectivity index (χ0v) is 18.6. The number of hydrogen-bond acceptors (Lipinski definition) is 3. The van der Waals surface area contributed by atoms with Crippen LogP contribution in [0.3, 0.4) is 0 Å². The van der Waals surface area contributed by atoms with Gasteiger partial charge in [0.1, 0.15) is 5.75 Å². The lowest BCUT2D eigenvalue weighted by atomic mass is 9.72. The van der Waals surface area contributed by atoms with Gasteiger partial charge in [-0.1, -0.05) is 37.5 Å². The van der Waals surface area contributed by atoms with E-state index in [2.05, 4.69) is 5.32 Å². The standard InChI is InChI=1S/C23H26BN2O3S/c1-15-5-7-18(8-6-15)30(28)26-17(14-25-22(27)23(2)9-10-23)11-16-12-19(24-3)21(29-4)13-20(16)26/h5-8,11-13H,9-10,14H2,1-4H3,(H,25,27). The van der Waals surface area contributed by atoms with E-state index in [4.69, 9.17) is 4.74 Å². The SMILES string of the molecule is C[B]c1cc2cc(CNC(=O)C3(C)CC3)n(S(=O)c3ccc(C)cc3)c2cc1OC. The van der Waals surface area contributed by atoms with Crippen molar-refractivity contribution in [3.05, 3.63) is 53.7 Å². The van der Waals surface area contributed by atoms with Gasteiger partial charge in [-0.3, -0.25) is 8.77 Å². The van der Waals surface area contributed by atoms with Gasteiger partial charge in [0.05, 0.1) is 29.8 Å². The number of methoxy groups -OCH3 is 1. The van der Waals surface area contributed by atoms with Crippen LogP contribution in [0.25, 0.3) is 10.9 Å². The Morgan fingerprint density at radius 1 is 1.23 bits per heavy atom. The Bertz CT molecular complexity index is 1130. The third-order valence-corrected chi connectivity index (χ3v) is 7.30. The van der Waals surface area contributed by atoms with E-state index in [1.807, 2.05) is 70.4 Å². The molecule has 0 spiro atoms. The number of rotatable bonds is 7. The minimum absolute atomic E-state index is 0.0561. The summed E-state index contributed by atoms with van der Waals surface area (Å²) in [6.07, 6.45) is 1.84. The number of nitrogens with one attached hydrogen (secondary N) is 1. The van der Waals surface area contributed by atoms with E-state index in [1.165, 1.54) is 0 Å². The number of hydrogen-bond donors (Lipinski definition) is 1. The number of aryl methyl sites for hydroxylation is 1. The van der Waals surface area contributed by atoms with Gasteiger partial charge >= 0.3 is 0 Å². The summed E-state index contributed by atoms with van der Waals surface area (Å²) in [6.45, 7) is 6.28. The normalized spacial score (nSPS) is 15.6. The molecule has 1 radical (unpaired) electrons. The third kappa shape index (κ3) is 3.78. The Kier molecular flexibility index (Phi) is 5.49. The first-order valence-electron chi connectivity index (χ1n) is 10.2. The summed E-state index contributed by atoms with van der Waals surface area (Å²) >= 11 is 0. The molecule has 1 amide bonds. The number of ether oxygens (including phenoxy) is 1. The molecule has 1 unspecified atom stereocenters. The number of amides is 1. The highest BCUT2D eigenvalue weighted by Gasteiger charge is 2.44. The molecule has 4 rings (SSSR count). The predicted octanol–water partition coefficient (Wildman–Crippen LogP) is 3.32. The Morgan fingerprint density at radius 3 is 2.53 bits per heavy atom. The van der Waals surface area contributed by atoms with Gasteiger partial charge in [0.15, 0.2) is 18.3 Å². The zero-order valence-electron chi connectivity index (χ0n) is 17.8. The van der Waals surface area contributed by atoms with E-state index in [1.54, 1.807) is 11.1 Å². The van der Waals surface area contributed by atoms with Gasteiger partial charge in [0.25, 0.3) is 0 Å². The topological polar surface area (TPSA) is 60.3 Å². The number of carbonyl (C=O) groups is 1. The summed E-state index contributed by atoms with van der Waals surface area (Å²) in [4.78, 5) is 13.2. The van der Waals surface area contributed by atoms with Crippen molar-refractivity contribution in [1.29, 1.82) is 0 Å². The molecule has 2 aromatic carbocycles. The Hall–Kier alpha value is -2.54. The van der Waals surface area contributed by atoms with Crippen molar-refractivity contribution in [3.8, 4) is 5.75 Å². The fourth-order valence-corrected chi connectivity index (χ4v) is 4.81. The van der Waals surface area contributed by atoms with Crippen LogP contribution in [0, 0.1) is 12.3 Å². The molecular formula is C23H26BN2O3S.